The molecule has 0 amide bonds. The molecule has 1 atom stereocenters. The molecule has 1 N–H and O–H groups in total. The summed E-state index contributed by atoms with van der Waals surface area (Å²) in [6.07, 6.45) is 2.47. The Balaban J connectivity index is 1.72. The molecule has 9 nitrogen and oxygen atoms in total. The van der Waals surface area contributed by atoms with Gasteiger partial charge in [0.1, 0.15) is 17.6 Å². The second kappa shape index (κ2) is 10.9. The molecule has 3 aromatic heterocycles. The summed E-state index contributed by atoms with van der Waals surface area (Å²) in [4.78, 5) is 19.0. The standard InChI is InChI=1S/C30H34N6O3/c1-6-30(3,4)36-28(32-33-34-36)27(25-17-22-16-20(2)9-14-26(22)31-29(25)37)35(19-24-8-7-15-39-24)18-21-10-12-23(38-5)13-11-21/h7-17,27H,6,18-19H2,1-5H3,(H,31,37). The van der Waals surface area contributed by atoms with Gasteiger partial charge < -0.3 is 14.1 Å². The Hall–Kier alpha value is -4.24. The molecule has 9 heteroatoms. The zero-order valence-electron chi connectivity index (χ0n) is 23.0. The fourth-order valence-corrected chi connectivity index (χ4v) is 4.80. The minimum Gasteiger partial charge on any atom is -0.497 e. The van der Waals surface area contributed by atoms with E-state index in [2.05, 4.69) is 52.2 Å². The molecule has 5 rings (SSSR count). The number of hydrogen-bond acceptors (Lipinski definition) is 7. The summed E-state index contributed by atoms with van der Waals surface area (Å²) in [5, 5.41) is 14.0. The predicted molar refractivity (Wildman–Crippen MR) is 150 cm³/mol. The van der Waals surface area contributed by atoms with Crippen LogP contribution in [0.3, 0.4) is 0 Å². The first-order valence-corrected chi connectivity index (χ1v) is 13.1. The van der Waals surface area contributed by atoms with Crippen molar-refractivity contribution in [1.29, 1.82) is 0 Å². The van der Waals surface area contributed by atoms with Crippen LogP contribution in [0.1, 0.15) is 61.5 Å². The average molecular weight is 527 g/mol. The highest BCUT2D eigenvalue weighted by atomic mass is 16.5. The zero-order chi connectivity index (χ0) is 27.6. The first-order chi connectivity index (χ1) is 18.8. The number of H-pyrrole nitrogens is 1. The van der Waals surface area contributed by atoms with Crippen LogP contribution in [0.2, 0.25) is 0 Å². The molecule has 39 heavy (non-hydrogen) atoms. The van der Waals surface area contributed by atoms with Gasteiger partial charge in [-0.05, 0) is 91.0 Å². The van der Waals surface area contributed by atoms with Gasteiger partial charge in [-0.2, -0.15) is 0 Å². The quantitative estimate of drug-likeness (QED) is 0.261. The normalized spacial score (nSPS) is 12.8. The Kier molecular flexibility index (Phi) is 7.34. The highest BCUT2D eigenvalue weighted by Gasteiger charge is 2.35. The van der Waals surface area contributed by atoms with Crippen molar-refractivity contribution < 1.29 is 9.15 Å². The summed E-state index contributed by atoms with van der Waals surface area (Å²) in [6.45, 7) is 9.29. The van der Waals surface area contributed by atoms with Gasteiger partial charge in [0.25, 0.3) is 5.56 Å². The SMILES string of the molecule is CCC(C)(C)n1nnnc1C(c1cc2cc(C)ccc2[nH]c1=O)N(Cc1ccc(OC)cc1)Cc1ccco1. The number of furan rings is 1. The van der Waals surface area contributed by atoms with Crippen LogP contribution < -0.4 is 10.3 Å². The molecule has 0 aliphatic heterocycles. The van der Waals surface area contributed by atoms with Crippen LogP contribution >= 0.6 is 0 Å². The van der Waals surface area contributed by atoms with E-state index >= 15 is 0 Å². The van der Waals surface area contributed by atoms with Gasteiger partial charge in [0, 0.05) is 17.6 Å². The van der Waals surface area contributed by atoms with E-state index in [1.807, 2.05) is 66.2 Å². The van der Waals surface area contributed by atoms with E-state index in [0.29, 0.717) is 24.5 Å². The monoisotopic (exact) mass is 526 g/mol. The molecule has 0 spiro atoms. The number of rotatable bonds is 10. The summed E-state index contributed by atoms with van der Waals surface area (Å²) in [7, 11) is 1.65. The molecular weight excluding hydrogens is 492 g/mol. The van der Waals surface area contributed by atoms with Gasteiger partial charge in [0.15, 0.2) is 5.82 Å². The van der Waals surface area contributed by atoms with Gasteiger partial charge in [-0.1, -0.05) is 30.7 Å². The van der Waals surface area contributed by atoms with E-state index in [1.165, 1.54) is 0 Å². The first-order valence-electron chi connectivity index (χ1n) is 13.1. The van der Waals surface area contributed by atoms with E-state index in [0.717, 1.165) is 40.0 Å². The second-order valence-electron chi connectivity index (χ2n) is 10.5. The number of aromatic nitrogens is 5. The number of ether oxygens (including phenoxy) is 1. The third kappa shape index (κ3) is 5.49. The molecule has 1 unspecified atom stereocenters. The van der Waals surface area contributed by atoms with Crippen molar-refractivity contribution in [3.05, 3.63) is 106 Å². The summed E-state index contributed by atoms with van der Waals surface area (Å²) in [5.74, 6) is 2.15. The number of tetrazole rings is 1. The number of methoxy groups -OCH3 is 1. The third-order valence-electron chi connectivity index (χ3n) is 7.35. The van der Waals surface area contributed by atoms with Crippen LogP contribution in [-0.2, 0) is 18.6 Å². The van der Waals surface area contributed by atoms with Crippen LogP contribution in [0, 0.1) is 6.92 Å². The number of aryl methyl sites for hydroxylation is 1. The van der Waals surface area contributed by atoms with Gasteiger partial charge in [0.2, 0.25) is 0 Å². The number of hydrogen-bond donors (Lipinski definition) is 1. The Bertz CT molecular complexity index is 1600. The maximum atomic E-state index is 13.7. The molecule has 3 heterocycles. The molecule has 0 bridgehead atoms. The number of nitrogens with zero attached hydrogens (tertiary/aromatic N) is 5. The summed E-state index contributed by atoms with van der Waals surface area (Å²) < 4.78 is 13.0. The van der Waals surface area contributed by atoms with Crippen molar-refractivity contribution in [3.63, 3.8) is 0 Å². The second-order valence-corrected chi connectivity index (χ2v) is 10.5. The number of fused-ring (bicyclic) bond motifs is 1. The molecule has 0 saturated carbocycles. The van der Waals surface area contributed by atoms with Gasteiger partial charge >= 0.3 is 0 Å². The highest BCUT2D eigenvalue weighted by molar-refractivity contribution is 5.79. The summed E-state index contributed by atoms with van der Waals surface area (Å²) in [5.41, 5.74) is 2.96. The van der Waals surface area contributed by atoms with Gasteiger partial charge in [-0.3, -0.25) is 9.69 Å². The molecular formula is C30H34N6O3. The lowest BCUT2D eigenvalue weighted by molar-refractivity contribution is 0.168. The Labute approximate surface area is 227 Å². The van der Waals surface area contributed by atoms with Gasteiger partial charge in [-0.25, -0.2) is 4.68 Å². The van der Waals surface area contributed by atoms with Crippen molar-refractivity contribution in [2.24, 2.45) is 0 Å². The molecule has 5 aromatic rings. The van der Waals surface area contributed by atoms with Crippen LogP contribution in [-0.4, -0.2) is 37.2 Å². The first kappa shape index (κ1) is 26.4. The third-order valence-corrected chi connectivity index (χ3v) is 7.35. The molecule has 202 valence electrons. The molecule has 0 aliphatic rings. The fraction of sp³-hybridized carbons (Fsp3) is 0.333. The predicted octanol–water partition coefficient (Wildman–Crippen LogP) is 5.36. The van der Waals surface area contributed by atoms with E-state index in [4.69, 9.17) is 9.15 Å². The van der Waals surface area contributed by atoms with Gasteiger partial charge in [0.05, 0.1) is 25.5 Å². The number of pyridine rings is 1. The van der Waals surface area contributed by atoms with E-state index in [1.54, 1.807) is 13.4 Å². The number of benzene rings is 2. The minimum absolute atomic E-state index is 0.181. The van der Waals surface area contributed by atoms with Crippen LogP contribution in [0.15, 0.2) is 76.1 Å². The smallest absolute Gasteiger partial charge is 0.253 e. The van der Waals surface area contributed by atoms with Crippen LogP contribution in [0.4, 0.5) is 0 Å². The summed E-state index contributed by atoms with van der Waals surface area (Å²) >= 11 is 0. The van der Waals surface area contributed by atoms with E-state index in [-0.39, 0.29) is 11.1 Å². The van der Waals surface area contributed by atoms with E-state index < -0.39 is 6.04 Å². The fourth-order valence-electron chi connectivity index (χ4n) is 4.80. The van der Waals surface area contributed by atoms with Crippen molar-refractivity contribution in [3.8, 4) is 5.75 Å². The highest BCUT2D eigenvalue weighted by Crippen LogP contribution is 2.33. The lowest BCUT2D eigenvalue weighted by Crippen LogP contribution is -2.38. The number of aromatic amines is 1. The Morgan fingerprint density at radius 3 is 2.59 bits per heavy atom. The topological polar surface area (TPSA) is 102 Å². The van der Waals surface area contributed by atoms with Crippen molar-refractivity contribution in [1.82, 2.24) is 30.1 Å². The van der Waals surface area contributed by atoms with Crippen molar-refractivity contribution in [2.75, 3.05) is 7.11 Å². The molecule has 0 fully saturated rings. The van der Waals surface area contributed by atoms with Crippen molar-refractivity contribution in [2.45, 2.75) is 58.8 Å². The van der Waals surface area contributed by atoms with E-state index in [9.17, 15) is 4.79 Å². The maximum Gasteiger partial charge on any atom is 0.253 e. The molecule has 2 aromatic carbocycles. The Morgan fingerprint density at radius 1 is 1.10 bits per heavy atom. The maximum absolute atomic E-state index is 13.7. The summed E-state index contributed by atoms with van der Waals surface area (Å²) in [6, 6.07) is 19.1. The van der Waals surface area contributed by atoms with Crippen LogP contribution in [0.5, 0.6) is 5.75 Å². The minimum atomic E-state index is -0.563. The molecule has 0 radical (unpaired) electrons. The molecule has 0 saturated heterocycles. The van der Waals surface area contributed by atoms with Gasteiger partial charge in [-0.15, -0.1) is 5.10 Å². The molecule has 0 aliphatic carbocycles. The lowest BCUT2D eigenvalue weighted by atomic mass is 9.98. The van der Waals surface area contributed by atoms with Crippen LogP contribution in [0.25, 0.3) is 10.9 Å². The lowest BCUT2D eigenvalue weighted by Gasteiger charge is -2.33. The van der Waals surface area contributed by atoms with Crippen molar-refractivity contribution >= 4 is 10.9 Å². The Morgan fingerprint density at radius 2 is 1.90 bits per heavy atom. The zero-order valence-corrected chi connectivity index (χ0v) is 23.0. The number of nitrogens with one attached hydrogen (secondary N) is 1. The largest absolute Gasteiger partial charge is 0.497 e. The average Bonchev–Trinajstić information content (AvgIpc) is 3.63.